The quantitative estimate of drug-likeness (QED) is 0.314. The third-order valence-electron chi connectivity index (χ3n) is 7.11. The van der Waals surface area contributed by atoms with Gasteiger partial charge in [0.25, 0.3) is 10.0 Å². The Kier molecular flexibility index (Phi) is 9.97. The molecule has 1 aliphatic carbocycles. The molecule has 3 aromatic carbocycles. The number of para-hydroxylation sites is 1. The van der Waals surface area contributed by atoms with Gasteiger partial charge in [-0.2, -0.15) is 0 Å². The van der Waals surface area contributed by atoms with Crippen LogP contribution in [0.4, 0.5) is 10.1 Å². The Morgan fingerprint density at radius 1 is 0.950 bits per heavy atom. The van der Waals surface area contributed by atoms with E-state index in [-0.39, 0.29) is 29.1 Å². The minimum Gasteiger partial charge on any atom is -0.352 e. The summed E-state index contributed by atoms with van der Waals surface area (Å²) in [6.45, 7) is 1.24. The molecule has 2 amide bonds. The highest BCUT2D eigenvalue weighted by Gasteiger charge is 2.33. The highest BCUT2D eigenvalue weighted by molar-refractivity contribution is 9.10. The van der Waals surface area contributed by atoms with Gasteiger partial charge in [0.15, 0.2) is 0 Å². The van der Waals surface area contributed by atoms with E-state index in [4.69, 9.17) is 0 Å². The van der Waals surface area contributed by atoms with Gasteiger partial charge in [-0.1, -0.05) is 65.5 Å². The van der Waals surface area contributed by atoms with E-state index in [1.54, 1.807) is 37.3 Å². The smallest absolute Gasteiger partial charge is 0.264 e. The van der Waals surface area contributed by atoms with Crippen molar-refractivity contribution in [1.82, 2.24) is 10.2 Å². The van der Waals surface area contributed by atoms with Crippen molar-refractivity contribution in [2.24, 2.45) is 0 Å². The van der Waals surface area contributed by atoms with E-state index in [0.29, 0.717) is 0 Å². The molecule has 0 spiro atoms. The average molecular weight is 631 g/mol. The highest BCUT2D eigenvalue weighted by Crippen LogP contribution is 2.25. The van der Waals surface area contributed by atoms with Gasteiger partial charge >= 0.3 is 0 Å². The summed E-state index contributed by atoms with van der Waals surface area (Å²) < 4.78 is 42.9. The number of hydrogen-bond donors (Lipinski definition) is 1. The molecule has 40 heavy (non-hydrogen) atoms. The molecule has 1 atom stereocenters. The van der Waals surface area contributed by atoms with Crippen molar-refractivity contribution in [3.63, 3.8) is 0 Å². The van der Waals surface area contributed by atoms with Crippen molar-refractivity contribution in [3.05, 3.63) is 94.7 Å². The summed E-state index contributed by atoms with van der Waals surface area (Å²) in [7, 11) is -4.23. The molecule has 4 rings (SSSR count). The SMILES string of the molecule is CC(C(=O)NC1CCCCC1)N(Cc1ccc(Br)cc1)C(=O)CN(c1ccccc1)S(=O)(=O)c1ccc(F)cc1. The number of anilines is 1. The minimum atomic E-state index is -4.23. The molecule has 212 valence electrons. The van der Waals surface area contributed by atoms with Crippen LogP contribution in [-0.4, -0.2) is 43.8 Å². The van der Waals surface area contributed by atoms with Crippen molar-refractivity contribution in [1.29, 1.82) is 0 Å². The largest absolute Gasteiger partial charge is 0.352 e. The normalized spacial score (nSPS) is 14.8. The van der Waals surface area contributed by atoms with Gasteiger partial charge in [0.05, 0.1) is 10.6 Å². The predicted octanol–water partition coefficient (Wildman–Crippen LogP) is 5.65. The number of nitrogens with one attached hydrogen (secondary N) is 1. The van der Waals surface area contributed by atoms with E-state index < -0.39 is 34.3 Å². The molecule has 1 N–H and O–H groups in total. The van der Waals surface area contributed by atoms with Gasteiger partial charge in [0, 0.05) is 17.1 Å². The zero-order chi connectivity index (χ0) is 28.7. The van der Waals surface area contributed by atoms with Crippen molar-refractivity contribution >= 4 is 43.5 Å². The van der Waals surface area contributed by atoms with Crippen LogP contribution in [0.15, 0.2) is 88.2 Å². The zero-order valence-corrected chi connectivity index (χ0v) is 24.7. The Balaban J connectivity index is 1.65. The van der Waals surface area contributed by atoms with Crippen LogP contribution in [0.5, 0.6) is 0 Å². The van der Waals surface area contributed by atoms with Crippen LogP contribution in [0.3, 0.4) is 0 Å². The summed E-state index contributed by atoms with van der Waals surface area (Å²) in [5.41, 5.74) is 1.07. The van der Waals surface area contributed by atoms with Gasteiger partial charge in [-0.05, 0) is 73.9 Å². The Morgan fingerprint density at radius 2 is 1.57 bits per heavy atom. The summed E-state index contributed by atoms with van der Waals surface area (Å²) in [5.74, 6) is -1.38. The van der Waals surface area contributed by atoms with E-state index in [2.05, 4.69) is 21.2 Å². The molecular formula is C30H33BrFN3O4S. The van der Waals surface area contributed by atoms with Gasteiger partial charge in [0.2, 0.25) is 11.8 Å². The van der Waals surface area contributed by atoms with E-state index in [1.165, 1.54) is 17.0 Å². The number of carbonyl (C=O) groups excluding carboxylic acids is 2. The zero-order valence-electron chi connectivity index (χ0n) is 22.3. The first-order valence-corrected chi connectivity index (χ1v) is 15.6. The van der Waals surface area contributed by atoms with E-state index >= 15 is 0 Å². The van der Waals surface area contributed by atoms with Crippen molar-refractivity contribution in [2.45, 2.75) is 62.6 Å². The molecule has 1 fully saturated rings. The van der Waals surface area contributed by atoms with Crippen LogP contribution in [-0.2, 0) is 26.2 Å². The fourth-order valence-corrected chi connectivity index (χ4v) is 6.47. The lowest BCUT2D eigenvalue weighted by Gasteiger charge is -2.33. The maximum absolute atomic E-state index is 13.9. The minimum absolute atomic E-state index is 0.0630. The lowest BCUT2D eigenvalue weighted by Crippen LogP contribution is -2.53. The third-order valence-corrected chi connectivity index (χ3v) is 9.43. The first-order valence-electron chi connectivity index (χ1n) is 13.3. The number of amides is 2. The molecule has 3 aromatic rings. The summed E-state index contributed by atoms with van der Waals surface area (Å²) in [5, 5.41) is 3.09. The topological polar surface area (TPSA) is 86.8 Å². The van der Waals surface area contributed by atoms with E-state index in [1.807, 2.05) is 24.3 Å². The van der Waals surface area contributed by atoms with E-state index in [0.717, 1.165) is 58.6 Å². The van der Waals surface area contributed by atoms with Crippen molar-refractivity contribution < 1.29 is 22.4 Å². The van der Waals surface area contributed by atoms with Crippen LogP contribution < -0.4 is 9.62 Å². The predicted molar refractivity (Wildman–Crippen MR) is 157 cm³/mol. The molecule has 0 radical (unpaired) electrons. The molecule has 0 saturated heterocycles. The van der Waals surface area contributed by atoms with Crippen molar-refractivity contribution in [2.75, 3.05) is 10.8 Å². The summed E-state index contributed by atoms with van der Waals surface area (Å²) in [6.07, 6.45) is 5.05. The molecular weight excluding hydrogens is 597 g/mol. The molecule has 10 heteroatoms. The van der Waals surface area contributed by atoms with Crippen molar-refractivity contribution in [3.8, 4) is 0 Å². The number of sulfonamides is 1. The number of halogens is 2. The lowest BCUT2D eigenvalue weighted by atomic mass is 9.95. The Morgan fingerprint density at radius 3 is 2.20 bits per heavy atom. The maximum Gasteiger partial charge on any atom is 0.264 e. The van der Waals surface area contributed by atoms with Crippen LogP contribution >= 0.6 is 15.9 Å². The third kappa shape index (κ3) is 7.48. The number of benzene rings is 3. The second-order valence-electron chi connectivity index (χ2n) is 9.97. The fraction of sp³-hybridized carbons (Fsp3) is 0.333. The standard InChI is InChI=1S/C30H33BrFN3O4S/c1-22(30(37)33-26-8-4-2-5-9-26)34(20-23-12-14-24(31)15-13-23)29(36)21-35(27-10-6-3-7-11-27)40(38,39)28-18-16-25(32)17-19-28/h3,6-7,10-19,22,26H,2,4-5,8-9,20-21H2,1H3,(H,33,37). The highest BCUT2D eigenvalue weighted by atomic mass is 79.9. The van der Waals surface area contributed by atoms with Crippen LogP contribution in [0.2, 0.25) is 0 Å². The van der Waals surface area contributed by atoms with E-state index in [9.17, 15) is 22.4 Å². The maximum atomic E-state index is 13.9. The monoisotopic (exact) mass is 629 g/mol. The first kappa shape index (κ1) is 29.7. The Hall–Kier alpha value is -3.24. The van der Waals surface area contributed by atoms with Gasteiger partial charge < -0.3 is 10.2 Å². The van der Waals surface area contributed by atoms with Crippen LogP contribution in [0.1, 0.15) is 44.6 Å². The number of nitrogens with zero attached hydrogens (tertiary/aromatic N) is 2. The second-order valence-corrected chi connectivity index (χ2v) is 12.7. The van der Waals surface area contributed by atoms with Crippen LogP contribution in [0, 0.1) is 5.82 Å². The second kappa shape index (κ2) is 13.4. The van der Waals surface area contributed by atoms with Gasteiger partial charge in [-0.25, -0.2) is 12.8 Å². The Labute approximate surface area is 243 Å². The fourth-order valence-electron chi connectivity index (χ4n) is 4.79. The molecule has 0 heterocycles. The molecule has 7 nitrogen and oxygen atoms in total. The lowest BCUT2D eigenvalue weighted by molar-refractivity contribution is -0.139. The molecule has 1 unspecified atom stereocenters. The average Bonchev–Trinajstić information content (AvgIpc) is 2.96. The summed E-state index contributed by atoms with van der Waals surface area (Å²) in [4.78, 5) is 28.5. The number of rotatable bonds is 10. The first-order chi connectivity index (χ1) is 19.1. The number of carbonyl (C=O) groups is 2. The number of hydrogen-bond acceptors (Lipinski definition) is 4. The molecule has 1 saturated carbocycles. The van der Waals surface area contributed by atoms with Gasteiger partial charge in [-0.3, -0.25) is 13.9 Å². The summed E-state index contributed by atoms with van der Waals surface area (Å²) in [6, 6.07) is 19.4. The molecule has 0 aliphatic heterocycles. The van der Waals surface area contributed by atoms with Gasteiger partial charge in [0.1, 0.15) is 18.4 Å². The Bertz CT molecular complexity index is 1400. The molecule has 0 aromatic heterocycles. The summed E-state index contributed by atoms with van der Waals surface area (Å²) >= 11 is 3.41. The molecule has 1 aliphatic rings. The molecule has 0 bridgehead atoms. The van der Waals surface area contributed by atoms with Gasteiger partial charge in [-0.15, -0.1) is 0 Å². The van der Waals surface area contributed by atoms with Crippen LogP contribution in [0.25, 0.3) is 0 Å².